The molecule has 20 heavy (non-hydrogen) atoms. The Morgan fingerprint density at radius 1 is 1.20 bits per heavy atom. The second-order valence-corrected chi connectivity index (χ2v) is 7.66. The Bertz CT molecular complexity index is 314. The summed E-state index contributed by atoms with van der Waals surface area (Å²) in [5, 5.41) is 6.56. The van der Waals surface area contributed by atoms with Crippen LogP contribution in [0.2, 0.25) is 0 Å². The van der Waals surface area contributed by atoms with Gasteiger partial charge in [0.1, 0.15) is 0 Å². The maximum atomic E-state index is 12.3. The quantitative estimate of drug-likeness (QED) is 0.841. The lowest BCUT2D eigenvalue weighted by molar-refractivity contribution is -0.131. The van der Waals surface area contributed by atoms with Crippen molar-refractivity contribution in [2.24, 2.45) is 16.7 Å². The zero-order valence-electron chi connectivity index (χ0n) is 13.3. The van der Waals surface area contributed by atoms with Crippen LogP contribution in [0.15, 0.2) is 0 Å². The van der Waals surface area contributed by atoms with Crippen molar-refractivity contribution in [2.45, 2.75) is 59.3 Å². The Labute approximate surface area is 130 Å². The summed E-state index contributed by atoms with van der Waals surface area (Å²) in [7, 11) is 0. The monoisotopic (exact) mass is 302 g/mol. The fraction of sp³-hybridized carbons (Fsp3) is 0.938. The third-order valence-electron chi connectivity index (χ3n) is 5.16. The van der Waals surface area contributed by atoms with Crippen molar-refractivity contribution in [3.63, 3.8) is 0 Å². The SMILES string of the molecule is CC1(C)CCC(CNC(=O)C2(C)CCCNC2)CC1.Cl. The van der Waals surface area contributed by atoms with Gasteiger partial charge in [-0.15, -0.1) is 12.4 Å². The van der Waals surface area contributed by atoms with Gasteiger partial charge in [0.15, 0.2) is 0 Å². The lowest BCUT2D eigenvalue weighted by Gasteiger charge is -2.36. The van der Waals surface area contributed by atoms with Crippen molar-refractivity contribution < 1.29 is 4.79 Å². The Hall–Kier alpha value is -0.280. The molecule has 4 heteroatoms. The number of hydrogen-bond acceptors (Lipinski definition) is 2. The van der Waals surface area contributed by atoms with Gasteiger partial charge in [0.05, 0.1) is 5.41 Å². The van der Waals surface area contributed by atoms with Crippen LogP contribution in [0.1, 0.15) is 59.3 Å². The number of hydrogen-bond donors (Lipinski definition) is 2. The van der Waals surface area contributed by atoms with Gasteiger partial charge in [-0.05, 0) is 63.3 Å². The highest BCUT2D eigenvalue weighted by Crippen LogP contribution is 2.37. The van der Waals surface area contributed by atoms with E-state index in [4.69, 9.17) is 0 Å². The fourth-order valence-corrected chi connectivity index (χ4v) is 3.36. The third-order valence-corrected chi connectivity index (χ3v) is 5.16. The van der Waals surface area contributed by atoms with Crippen LogP contribution in [0.3, 0.4) is 0 Å². The molecule has 1 atom stereocenters. The first-order valence-electron chi connectivity index (χ1n) is 7.90. The van der Waals surface area contributed by atoms with E-state index >= 15 is 0 Å². The molecule has 1 heterocycles. The van der Waals surface area contributed by atoms with Crippen LogP contribution < -0.4 is 10.6 Å². The number of nitrogens with one attached hydrogen (secondary N) is 2. The van der Waals surface area contributed by atoms with E-state index in [1.165, 1.54) is 25.7 Å². The molecule has 118 valence electrons. The molecule has 0 aromatic heterocycles. The number of rotatable bonds is 3. The van der Waals surface area contributed by atoms with Crippen molar-refractivity contribution in [3.05, 3.63) is 0 Å². The second-order valence-electron chi connectivity index (χ2n) is 7.66. The van der Waals surface area contributed by atoms with Crippen LogP contribution in [-0.2, 0) is 4.79 Å². The summed E-state index contributed by atoms with van der Waals surface area (Å²) in [6.45, 7) is 9.58. The first-order valence-corrected chi connectivity index (χ1v) is 7.90. The van der Waals surface area contributed by atoms with Crippen molar-refractivity contribution in [2.75, 3.05) is 19.6 Å². The Morgan fingerprint density at radius 2 is 1.85 bits per heavy atom. The fourth-order valence-electron chi connectivity index (χ4n) is 3.36. The smallest absolute Gasteiger partial charge is 0.227 e. The number of piperidine rings is 1. The van der Waals surface area contributed by atoms with Gasteiger partial charge in [-0.25, -0.2) is 0 Å². The summed E-state index contributed by atoms with van der Waals surface area (Å²) < 4.78 is 0. The average Bonchev–Trinajstić information content (AvgIpc) is 2.38. The minimum Gasteiger partial charge on any atom is -0.355 e. The minimum absolute atomic E-state index is 0. The van der Waals surface area contributed by atoms with E-state index in [2.05, 4.69) is 31.4 Å². The van der Waals surface area contributed by atoms with E-state index in [0.29, 0.717) is 11.3 Å². The first-order chi connectivity index (χ1) is 8.91. The van der Waals surface area contributed by atoms with Gasteiger partial charge in [0, 0.05) is 13.1 Å². The Kier molecular flexibility index (Phi) is 6.33. The summed E-state index contributed by atoms with van der Waals surface area (Å²) in [5.74, 6) is 0.946. The molecule has 2 rings (SSSR count). The summed E-state index contributed by atoms with van der Waals surface area (Å²) in [5.41, 5.74) is 0.325. The van der Waals surface area contributed by atoms with Gasteiger partial charge in [-0.2, -0.15) is 0 Å². The van der Waals surface area contributed by atoms with E-state index in [1.54, 1.807) is 0 Å². The summed E-state index contributed by atoms with van der Waals surface area (Å²) in [6.07, 6.45) is 7.26. The lowest BCUT2D eigenvalue weighted by atomic mass is 9.73. The average molecular weight is 303 g/mol. The van der Waals surface area contributed by atoms with E-state index in [9.17, 15) is 4.79 Å². The molecular formula is C16H31ClN2O. The number of amides is 1. The number of carbonyl (C=O) groups excluding carboxylic acids is 1. The van der Waals surface area contributed by atoms with Crippen molar-refractivity contribution in [1.82, 2.24) is 10.6 Å². The highest BCUT2D eigenvalue weighted by atomic mass is 35.5. The summed E-state index contributed by atoms with van der Waals surface area (Å²) >= 11 is 0. The highest BCUT2D eigenvalue weighted by Gasteiger charge is 2.35. The van der Waals surface area contributed by atoms with Crippen molar-refractivity contribution in [3.8, 4) is 0 Å². The van der Waals surface area contributed by atoms with Gasteiger partial charge in [0.2, 0.25) is 5.91 Å². The molecule has 1 saturated heterocycles. The van der Waals surface area contributed by atoms with E-state index in [0.717, 1.165) is 32.5 Å². The third kappa shape index (κ3) is 4.63. The zero-order chi connectivity index (χ0) is 13.9. The predicted molar refractivity (Wildman–Crippen MR) is 86.2 cm³/mol. The van der Waals surface area contributed by atoms with Gasteiger partial charge in [-0.3, -0.25) is 4.79 Å². The molecule has 2 N–H and O–H groups in total. The molecule has 0 radical (unpaired) electrons. The van der Waals surface area contributed by atoms with Gasteiger partial charge in [0.25, 0.3) is 0 Å². The zero-order valence-corrected chi connectivity index (χ0v) is 14.1. The second kappa shape index (κ2) is 7.13. The topological polar surface area (TPSA) is 41.1 Å². The maximum Gasteiger partial charge on any atom is 0.227 e. The molecule has 0 spiro atoms. The Balaban J connectivity index is 0.00000200. The van der Waals surface area contributed by atoms with E-state index < -0.39 is 0 Å². The molecule has 0 bridgehead atoms. The maximum absolute atomic E-state index is 12.3. The van der Waals surface area contributed by atoms with Gasteiger partial charge >= 0.3 is 0 Å². The number of carbonyl (C=O) groups is 1. The Morgan fingerprint density at radius 3 is 2.40 bits per heavy atom. The standard InChI is InChI=1S/C16H30N2O.ClH/c1-15(2)8-5-13(6-9-15)11-18-14(19)16(3)7-4-10-17-12-16;/h13,17H,4-12H2,1-3H3,(H,18,19);1H. The molecule has 1 amide bonds. The van der Waals surface area contributed by atoms with Crippen LogP contribution in [-0.4, -0.2) is 25.5 Å². The van der Waals surface area contributed by atoms with Gasteiger partial charge < -0.3 is 10.6 Å². The molecule has 1 aliphatic heterocycles. The van der Waals surface area contributed by atoms with Crippen LogP contribution in [0.5, 0.6) is 0 Å². The molecule has 3 nitrogen and oxygen atoms in total. The van der Waals surface area contributed by atoms with Crippen LogP contribution >= 0.6 is 12.4 Å². The first kappa shape index (κ1) is 17.8. The highest BCUT2D eigenvalue weighted by molar-refractivity contribution is 5.85. The van der Waals surface area contributed by atoms with Gasteiger partial charge in [-0.1, -0.05) is 13.8 Å². The van der Waals surface area contributed by atoms with Crippen LogP contribution in [0.25, 0.3) is 0 Å². The predicted octanol–water partition coefficient (Wildman–Crippen LogP) is 3.13. The summed E-state index contributed by atoms with van der Waals surface area (Å²) in [6, 6.07) is 0. The molecule has 1 aliphatic carbocycles. The minimum atomic E-state index is -0.188. The molecule has 0 aromatic rings. The van der Waals surface area contributed by atoms with E-state index in [-0.39, 0.29) is 23.7 Å². The van der Waals surface area contributed by atoms with Crippen molar-refractivity contribution >= 4 is 18.3 Å². The van der Waals surface area contributed by atoms with E-state index in [1.807, 2.05) is 0 Å². The normalized spacial score (nSPS) is 30.4. The molecule has 2 aliphatic rings. The molecular weight excluding hydrogens is 272 g/mol. The van der Waals surface area contributed by atoms with Crippen LogP contribution in [0.4, 0.5) is 0 Å². The van der Waals surface area contributed by atoms with Crippen molar-refractivity contribution in [1.29, 1.82) is 0 Å². The van der Waals surface area contributed by atoms with Crippen LogP contribution in [0, 0.1) is 16.7 Å². The number of halogens is 1. The molecule has 1 unspecified atom stereocenters. The largest absolute Gasteiger partial charge is 0.355 e. The molecule has 1 saturated carbocycles. The molecule has 2 fully saturated rings. The molecule has 0 aromatic carbocycles. The lowest BCUT2D eigenvalue weighted by Crippen LogP contribution is -2.49. The summed E-state index contributed by atoms with van der Waals surface area (Å²) in [4.78, 5) is 12.3.